The van der Waals surface area contributed by atoms with Gasteiger partial charge in [-0.25, -0.2) is 13.4 Å². The number of nitrogens with zero attached hydrogens (tertiary/aromatic N) is 2. The van der Waals surface area contributed by atoms with E-state index in [0.29, 0.717) is 5.69 Å². The summed E-state index contributed by atoms with van der Waals surface area (Å²) in [5.74, 6) is 0. The zero-order chi connectivity index (χ0) is 12.5. The zero-order valence-corrected chi connectivity index (χ0v) is 11.5. The summed E-state index contributed by atoms with van der Waals surface area (Å²) in [5, 5.41) is 0.286. The second kappa shape index (κ2) is 4.68. The Morgan fingerprint density at radius 3 is 2.50 bits per heavy atom. The summed E-state index contributed by atoms with van der Waals surface area (Å²) in [5.41, 5.74) is 5.98. The highest BCUT2D eigenvalue weighted by atomic mass is 32.2. The number of sulfonamides is 1. The van der Waals surface area contributed by atoms with E-state index in [4.69, 9.17) is 5.73 Å². The van der Waals surface area contributed by atoms with Gasteiger partial charge in [-0.15, -0.1) is 0 Å². The van der Waals surface area contributed by atoms with Crippen molar-refractivity contribution in [3.8, 4) is 0 Å². The van der Waals surface area contributed by atoms with Gasteiger partial charge in [0, 0.05) is 13.1 Å². The Bertz CT molecular complexity index is 467. The molecule has 2 N–H and O–H groups in total. The lowest BCUT2D eigenvalue weighted by Crippen LogP contribution is -2.34. The first-order chi connectivity index (χ1) is 7.30. The Balaban J connectivity index is 3.17. The third-order valence-corrected chi connectivity index (χ3v) is 6.14. The molecule has 0 saturated carbocycles. The van der Waals surface area contributed by atoms with Crippen LogP contribution in [-0.2, 0) is 10.0 Å². The van der Waals surface area contributed by atoms with Crippen molar-refractivity contribution in [1.82, 2.24) is 9.29 Å². The monoisotopic (exact) mass is 263 g/mol. The Labute approximate surface area is 100 Å². The number of aromatic nitrogens is 1. The third-order valence-electron chi connectivity index (χ3n) is 2.60. The maximum atomic E-state index is 12.2. The van der Waals surface area contributed by atoms with Crippen molar-refractivity contribution in [2.24, 2.45) is 0 Å². The number of hydrogen-bond acceptors (Lipinski definition) is 5. The molecular weight excluding hydrogens is 246 g/mol. The molecule has 7 heteroatoms. The summed E-state index contributed by atoms with van der Waals surface area (Å²) in [7, 11) is -1.87. The zero-order valence-electron chi connectivity index (χ0n) is 9.89. The summed E-state index contributed by atoms with van der Waals surface area (Å²) in [6, 6.07) is -0.0345. The normalized spacial score (nSPS) is 14.3. The van der Waals surface area contributed by atoms with Crippen molar-refractivity contribution in [3.63, 3.8) is 0 Å². The Kier molecular flexibility index (Phi) is 3.92. The minimum Gasteiger partial charge on any atom is -0.375 e. The minimum absolute atomic E-state index is 0.0345. The van der Waals surface area contributed by atoms with Crippen molar-refractivity contribution < 1.29 is 8.42 Å². The third kappa shape index (κ3) is 2.36. The predicted octanol–water partition coefficient (Wildman–Crippen LogP) is 1.45. The van der Waals surface area contributed by atoms with Gasteiger partial charge in [-0.3, -0.25) is 0 Å². The minimum atomic E-state index is -3.45. The summed E-state index contributed by atoms with van der Waals surface area (Å²) >= 11 is 1.01. The van der Waals surface area contributed by atoms with E-state index >= 15 is 0 Å². The van der Waals surface area contributed by atoms with Crippen molar-refractivity contribution in [2.45, 2.75) is 37.4 Å². The van der Waals surface area contributed by atoms with Gasteiger partial charge in [0.2, 0.25) is 0 Å². The van der Waals surface area contributed by atoms with Crippen molar-refractivity contribution in [1.29, 1.82) is 0 Å². The Morgan fingerprint density at radius 2 is 2.12 bits per heavy atom. The number of anilines is 1. The van der Waals surface area contributed by atoms with E-state index in [-0.39, 0.29) is 15.4 Å². The van der Waals surface area contributed by atoms with Crippen LogP contribution in [0.5, 0.6) is 0 Å². The average molecular weight is 263 g/mol. The van der Waals surface area contributed by atoms with E-state index in [1.165, 1.54) is 4.31 Å². The van der Waals surface area contributed by atoms with Gasteiger partial charge in [0.05, 0.1) is 5.69 Å². The number of rotatable bonds is 4. The van der Waals surface area contributed by atoms with Gasteiger partial charge >= 0.3 is 0 Å². The number of thiazole rings is 1. The van der Waals surface area contributed by atoms with Gasteiger partial charge in [0.25, 0.3) is 10.0 Å². The molecule has 0 aliphatic heterocycles. The summed E-state index contributed by atoms with van der Waals surface area (Å²) in [4.78, 5) is 3.94. The highest BCUT2D eigenvalue weighted by molar-refractivity contribution is 7.91. The molecule has 0 radical (unpaired) electrons. The number of hydrogen-bond donors (Lipinski definition) is 1. The van der Waals surface area contributed by atoms with Gasteiger partial charge in [0.1, 0.15) is 0 Å². The molecule has 1 atom stereocenters. The van der Waals surface area contributed by atoms with Crippen LogP contribution in [0.25, 0.3) is 0 Å². The van der Waals surface area contributed by atoms with E-state index in [9.17, 15) is 8.42 Å². The first-order valence-electron chi connectivity index (χ1n) is 5.01. The molecule has 5 nitrogen and oxygen atoms in total. The maximum absolute atomic E-state index is 12.2. The van der Waals surface area contributed by atoms with E-state index in [2.05, 4.69) is 4.98 Å². The number of nitrogens with two attached hydrogens (primary N) is 1. The molecule has 1 heterocycles. The molecule has 0 spiro atoms. The highest BCUT2D eigenvalue weighted by Crippen LogP contribution is 2.28. The fraction of sp³-hybridized carbons (Fsp3) is 0.667. The van der Waals surface area contributed by atoms with E-state index in [1.807, 2.05) is 13.8 Å². The Hall–Kier alpha value is -0.660. The van der Waals surface area contributed by atoms with Crippen LogP contribution in [0.1, 0.15) is 26.0 Å². The SMILES string of the molecule is CCC(C)N(C)S(=O)(=O)c1sc(N)nc1C. The van der Waals surface area contributed by atoms with Crippen LogP contribution in [-0.4, -0.2) is 30.8 Å². The molecule has 1 unspecified atom stereocenters. The molecule has 0 amide bonds. The van der Waals surface area contributed by atoms with Crippen LogP contribution in [0, 0.1) is 6.92 Å². The lowest BCUT2D eigenvalue weighted by atomic mass is 10.3. The van der Waals surface area contributed by atoms with Gasteiger partial charge in [0.15, 0.2) is 9.34 Å². The van der Waals surface area contributed by atoms with E-state index < -0.39 is 10.0 Å². The van der Waals surface area contributed by atoms with Crippen LogP contribution in [0.15, 0.2) is 4.21 Å². The molecule has 1 aromatic rings. The van der Waals surface area contributed by atoms with Crippen LogP contribution >= 0.6 is 11.3 Å². The van der Waals surface area contributed by atoms with Crippen molar-refractivity contribution in [2.75, 3.05) is 12.8 Å². The van der Waals surface area contributed by atoms with Crippen LogP contribution < -0.4 is 5.73 Å². The largest absolute Gasteiger partial charge is 0.375 e. The molecule has 0 aliphatic rings. The fourth-order valence-corrected chi connectivity index (χ4v) is 4.17. The molecule has 1 aromatic heterocycles. The molecule has 0 aromatic carbocycles. The fourth-order valence-electron chi connectivity index (χ4n) is 1.27. The lowest BCUT2D eigenvalue weighted by molar-refractivity contribution is 0.381. The standard InChI is InChI=1S/C9H17N3O2S2/c1-5-6(2)12(4)16(13,14)8-7(3)11-9(10)15-8/h6H,5H2,1-4H3,(H2,10,11). The summed E-state index contributed by atoms with van der Waals surface area (Å²) < 4.78 is 26.0. The van der Waals surface area contributed by atoms with E-state index in [1.54, 1.807) is 14.0 Å². The van der Waals surface area contributed by atoms with E-state index in [0.717, 1.165) is 17.8 Å². The van der Waals surface area contributed by atoms with Crippen LogP contribution in [0.3, 0.4) is 0 Å². The van der Waals surface area contributed by atoms with Crippen LogP contribution in [0.4, 0.5) is 5.13 Å². The molecule has 0 saturated heterocycles. The Morgan fingerprint density at radius 1 is 1.56 bits per heavy atom. The first kappa shape index (κ1) is 13.4. The number of nitrogen functional groups attached to an aromatic ring is 1. The average Bonchev–Trinajstić information content (AvgIpc) is 2.56. The van der Waals surface area contributed by atoms with Gasteiger partial charge < -0.3 is 5.73 Å². The molecule has 92 valence electrons. The topological polar surface area (TPSA) is 76.3 Å². The second-order valence-electron chi connectivity index (χ2n) is 3.70. The highest BCUT2D eigenvalue weighted by Gasteiger charge is 2.28. The molecule has 0 bridgehead atoms. The first-order valence-corrected chi connectivity index (χ1v) is 7.27. The molecule has 16 heavy (non-hydrogen) atoms. The number of aryl methyl sites for hydroxylation is 1. The van der Waals surface area contributed by atoms with Gasteiger partial charge in [-0.1, -0.05) is 18.3 Å². The lowest BCUT2D eigenvalue weighted by Gasteiger charge is -2.22. The maximum Gasteiger partial charge on any atom is 0.254 e. The smallest absolute Gasteiger partial charge is 0.254 e. The quantitative estimate of drug-likeness (QED) is 0.892. The molecular formula is C9H17N3O2S2. The summed E-state index contributed by atoms with van der Waals surface area (Å²) in [6.07, 6.45) is 0.767. The van der Waals surface area contributed by atoms with Crippen LogP contribution in [0.2, 0.25) is 0 Å². The predicted molar refractivity (Wildman–Crippen MR) is 66.0 cm³/mol. The van der Waals surface area contributed by atoms with Gasteiger partial charge in [-0.2, -0.15) is 4.31 Å². The van der Waals surface area contributed by atoms with Crippen molar-refractivity contribution >= 4 is 26.5 Å². The van der Waals surface area contributed by atoms with Gasteiger partial charge in [-0.05, 0) is 20.3 Å². The molecule has 0 fully saturated rings. The molecule has 1 rings (SSSR count). The van der Waals surface area contributed by atoms with Crippen molar-refractivity contribution in [3.05, 3.63) is 5.69 Å². The second-order valence-corrected chi connectivity index (χ2v) is 6.93. The molecule has 0 aliphatic carbocycles. The summed E-state index contributed by atoms with van der Waals surface area (Å²) in [6.45, 7) is 5.48.